The molecule has 3 nitrogen and oxygen atoms in total. The molecular formula is C26H26O3. The van der Waals surface area contributed by atoms with Crippen molar-refractivity contribution in [2.75, 3.05) is 7.11 Å². The van der Waals surface area contributed by atoms with Crippen LogP contribution < -0.4 is 4.74 Å². The summed E-state index contributed by atoms with van der Waals surface area (Å²) in [5, 5.41) is 0. The number of rotatable bonds is 5. The average Bonchev–Trinajstić information content (AvgIpc) is 2.77. The van der Waals surface area contributed by atoms with Crippen molar-refractivity contribution in [2.24, 2.45) is 5.92 Å². The predicted octanol–water partition coefficient (Wildman–Crippen LogP) is 5.52. The first kappa shape index (κ1) is 19.3. The van der Waals surface area contributed by atoms with E-state index in [0.717, 1.165) is 30.6 Å². The first-order chi connectivity index (χ1) is 14.1. The van der Waals surface area contributed by atoms with Crippen LogP contribution >= 0.6 is 0 Å². The Hall–Kier alpha value is -3.07. The largest absolute Gasteiger partial charge is 0.489 e. The molecule has 0 heterocycles. The van der Waals surface area contributed by atoms with Crippen molar-refractivity contribution in [1.82, 2.24) is 0 Å². The third-order valence-corrected chi connectivity index (χ3v) is 5.69. The summed E-state index contributed by atoms with van der Waals surface area (Å²) in [7, 11) is 1.46. The molecule has 1 atom stereocenters. The number of aryl methyl sites for hydroxylation is 2. The Labute approximate surface area is 172 Å². The zero-order valence-corrected chi connectivity index (χ0v) is 17.0. The lowest BCUT2D eigenvalue weighted by Gasteiger charge is -2.23. The lowest BCUT2D eigenvalue weighted by molar-refractivity contribution is -0.145. The molecule has 3 heteroatoms. The van der Waals surface area contributed by atoms with E-state index in [9.17, 15) is 4.79 Å². The summed E-state index contributed by atoms with van der Waals surface area (Å²) < 4.78 is 10.9. The fourth-order valence-electron chi connectivity index (χ4n) is 3.90. The minimum Gasteiger partial charge on any atom is -0.489 e. The van der Waals surface area contributed by atoms with Gasteiger partial charge >= 0.3 is 5.97 Å². The van der Waals surface area contributed by atoms with Crippen LogP contribution in [0.5, 0.6) is 5.75 Å². The summed E-state index contributed by atoms with van der Waals surface area (Å²) in [6.07, 6.45) is 2.48. The van der Waals surface area contributed by atoms with Gasteiger partial charge in [-0.2, -0.15) is 0 Å². The number of carbonyl (C=O) groups is 1. The molecule has 4 rings (SSSR count). The van der Waals surface area contributed by atoms with Gasteiger partial charge in [-0.05, 0) is 66.1 Å². The lowest BCUT2D eigenvalue weighted by atomic mass is 9.84. The van der Waals surface area contributed by atoms with Gasteiger partial charge in [0, 0.05) is 0 Å². The monoisotopic (exact) mass is 386 g/mol. The molecule has 29 heavy (non-hydrogen) atoms. The molecule has 0 aliphatic heterocycles. The molecule has 0 saturated heterocycles. The maximum atomic E-state index is 11.8. The van der Waals surface area contributed by atoms with Gasteiger partial charge in [-0.25, -0.2) is 0 Å². The number of ether oxygens (including phenoxy) is 2. The van der Waals surface area contributed by atoms with Gasteiger partial charge in [0.15, 0.2) is 0 Å². The molecule has 1 unspecified atom stereocenters. The van der Waals surface area contributed by atoms with Crippen LogP contribution in [0.15, 0.2) is 66.7 Å². The highest BCUT2D eigenvalue weighted by molar-refractivity contribution is 5.73. The molecule has 0 aromatic heterocycles. The Morgan fingerprint density at radius 3 is 2.31 bits per heavy atom. The van der Waals surface area contributed by atoms with Crippen molar-refractivity contribution >= 4 is 5.97 Å². The average molecular weight is 386 g/mol. The third kappa shape index (κ3) is 4.51. The zero-order chi connectivity index (χ0) is 20.2. The van der Waals surface area contributed by atoms with Gasteiger partial charge in [0.05, 0.1) is 13.0 Å². The van der Waals surface area contributed by atoms with E-state index in [1.165, 1.54) is 34.9 Å². The van der Waals surface area contributed by atoms with Gasteiger partial charge in [0.1, 0.15) is 12.4 Å². The molecule has 3 aromatic rings. The Kier molecular flexibility index (Phi) is 5.66. The van der Waals surface area contributed by atoms with Crippen LogP contribution in [0, 0.1) is 12.8 Å². The van der Waals surface area contributed by atoms with E-state index in [2.05, 4.69) is 67.6 Å². The number of fused-ring (bicyclic) bond motifs is 1. The summed E-state index contributed by atoms with van der Waals surface area (Å²) in [4.78, 5) is 11.8. The Morgan fingerprint density at radius 1 is 0.931 bits per heavy atom. The summed E-state index contributed by atoms with van der Waals surface area (Å²) in [6, 6.07) is 23.3. The maximum absolute atomic E-state index is 11.8. The summed E-state index contributed by atoms with van der Waals surface area (Å²) >= 11 is 0. The SMILES string of the molecule is COC(=O)C1CCc2cc(OCc3ccc(-c4ccc(C)cc4)cc3)ccc2C1. The zero-order valence-electron chi connectivity index (χ0n) is 17.0. The summed E-state index contributed by atoms with van der Waals surface area (Å²) in [6.45, 7) is 2.64. The molecule has 0 N–H and O–H groups in total. The number of hydrogen-bond donors (Lipinski definition) is 0. The second-order valence-electron chi connectivity index (χ2n) is 7.75. The minimum atomic E-state index is -0.106. The van der Waals surface area contributed by atoms with E-state index in [-0.39, 0.29) is 11.9 Å². The van der Waals surface area contributed by atoms with Crippen molar-refractivity contribution in [2.45, 2.75) is 32.8 Å². The highest BCUT2D eigenvalue weighted by atomic mass is 16.5. The Morgan fingerprint density at radius 2 is 1.62 bits per heavy atom. The fourth-order valence-corrected chi connectivity index (χ4v) is 3.90. The van der Waals surface area contributed by atoms with Crippen LogP contribution in [-0.4, -0.2) is 13.1 Å². The van der Waals surface area contributed by atoms with Gasteiger partial charge in [0.2, 0.25) is 0 Å². The maximum Gasteiger partial charge on any atom is 0.309 e. The van der Waals surface area contributed by atoms with Gasteiger partial charge in [-0.3, -0.25) is 4.79 Å². The minimum absolute atomic E-state index is 0.0219. The van der Waals surface area contributed by atoms with Crippen LogP contribution in [0.3, 0.4) is 0 Å². The molecule has 3 aromatic carbocycles. The number of esters is 1. The van der Waals surface area contributed by atoms with Crippen LogP contribution in [0.1, 0.15) is 28.7 Å². The second kappa shape index (κ2) is 8.52. The van der Waals surface area contributed by atoms with Crippen LogP contribution in [0.4, 0.5) is 0 Å². The topological polar surface area (TPSA) is 35.5 Å². The molecule has 0 fully saturated rings. The lowest BCUT2D eigenvalue weighted by Crippen LogP contribution is -2.23. The highest BCUT2D eigenvalue weighted by Gasteiger charge is 2.25. The molecule has 0 saturated carbocycles. The van der Waals surface area contributed by atoms with Gasteiger partial charge in [-0.15, -0.1) is 0 Å². The third-order valence-electron chi connectivity index (χ3n) is 5.69. The van der Waals surface area contributed by atoms with E-state index in [4.69, 9.17) is 9.47 Å². The smallest absolute Gasteiger partial charge is 0.309 e. The van der Waals surface area contributed by atoms with E-state index in [1.807, 2.05) is 6.07 Å². The van der Waals surface area contributed by atoms with E-state index in [0.29, 0.717) is 6.61 Å². The van der Waals surface area contributed by atoms with Crippen molar-refractivity contribution in [1.29, 1.82) is 0 Å². The Bertz CT molecular complexity index is 987. The molecular weight excluding hydrogens is 360 g/mol. The number of hydrogen-bond acceptors (Lipinski definition) is 3. The first-order valence-corrected chi connectivity index (χ1v) is 10.1. The summed E-state index contributed by atoms with van der Waals surface area (Å²) in [5.74, 6) is 0.749. The molecule has 0 radical (unpaired) electrons. The summed E-state index contributed by atoms with van der Waals surface area (Å²) in [5.41, 5.74) is 7.35. The van der Waals surface area contributed by atoms with E-state index < -0.39 is 0 Å². The molecule has 0 amide bonds. The quantitative estimate of drug-likeness (QED) is 0.542. The molecule has 0 spiro atoms. The molecule has 0 bridgehead atoms. The number of benzene rings is 3. The normalized spacial score (nSPS) is 15.4. The van der Waals surface area contributed by atoms with E-state index >= 15 is 0 Å². The molecule has 148 valence electrons. The molecule has 1 aliphatic rings. The van der Waals surface area contributed by atoms with Gasteiger partial charge in [-0.1, -0.05) is 60.2 Å². The van der Waals surface area contributed by atoms with E-state index in [1.54, 1.807) is 0 Å². The molecule has 1 aliphatic carbocycles. The second-order valence-corrected chi connectivity index (χ2v) is 7.75. The van der Waals surface area contributed by atoms with Crippen molar-refractivity contribution < 1.29 is 14.3 Å². The standard InChI is InChI=1S/C26H26O3/c1-18-3-7-20(8-4-18)21-9-5-19(6-10-21)17-29-25-14-13-22-15-24(26(27)28-2)12-11-23(22)16-25/h3-10,13-14,16,24H,11-12,15,17H2,1-2H3. The highest BCUT2D eigenvalue weighted by Crippen LogP contribution is 2.29. The first-order valence-electron chi connectivity index (χ1n) is 10.1. The number of methoxy groups -OCH3 is 1. The van der Waals surface area contributed by atoms with Crippen LogP contribution in [-0.2, 0) is 29.0 Å². The van der Waals surface area contributed by atoms with Crippen molar-refractivity contribution in [3.8, 4) is 16.9 Å². The number of carbonyl (C=O) groups excluding carboxylic acids is 1. The van der Waals surface area contributed by atoms with Crippen LogP contribution in [0.2, 0.25) is 0 Å². The fraction of sp³-hybridized carbons (Fsp3) is 0.269. The Balaban J connectivity index is 1.38. The van der Waals surface area contributed by atoms with Gasteiger partial charge in [0.25, 0.3) is 0 Å². The van der Waals surface area contributed by atoms with Crippen molar-refractivity contribution in [3.05, 3.63) is 89.0 Å². The van der Waals surface area contributed by atoms with Gasteiger partial charge < -0.3 is 9.47 Å². The predicted molar refractivity (Wildman–Crippen MR) is 115 cm³/mol. The van der Waals surface area contributed by atoms with Crippen LogP contribution in [0.25, 0.3) is 11.1 Å². The van der Waals surface area contributed by atoms with Crippen molar-refractivity contribution in [3.63, 3.8) is 0 Å².